The molecule has 164 valence electrons. The number of ether oxygens (including phenoxy) is 1. The first-order chi connectivity index (χ1) is 15.5. The number of nitrogens with one attached hydrogen (secondary N) is 2. The highest BCUT2D eigenvalue weighted by Crippen LogP contribution is 2.44. The molecular formula is C23H21N3O5S. The van der Waals surface area contributed by atoms with Crippen molar-refractivity contribution in [1.82, 2.24) is 10.3 Å². The molecule has 0 bridgehead atoms. The van der Waals surface area contributed by atoms with Crippen LogP contribution in [0.3, 0.4) is 0 Å². The van der Waals surface area contributed by atoms with Gasteiger partial charge in [0.25, 0.3) is 5.91 Å². The van der Waals surface area contributed by atoms with Gasteiger partial charge in [-0.15, -0.1) is 0 Å². The van der Waals surface area contributed by atoms with Crippen LogP contribution in [0, 0.1) is 0 Å². The molecule has 1 atom stereocenters. The first-order valence-corrected chi connectivity index (χ1v) is 10.9. The maximum Gasteiger partial charge on any atom is 0.413 e. The Hall–Kier alpha value is -3.72. The molecule has 2 amide bonds. The molecule has 32 heavy (non-hydrogen) atoms. The van der Waals surface area contributed by atoms with Crippen molar-refractivity contribution in [1.29, 1.82) is 0 Å². The third-order valence-electron chi connectivity index (χ3n) is 5.29. The van der Waals surface area contributed by atoms with E-state index in [1.807, 2.05) is 36.4 Å². The van der Waals surface area contributed by atoms with E-state index in [0.717, 1.165) is 33.6 Å². The second-order valence-electron chi connectivity index (χ2n) is 7.25. The summed E-state index contributed by atoms with van der Waals surface area (Å²) >= 11 is 0.941. The van der Waals surface area contributed by atoms with E-state index >= 15 is 0 Å². The number of benzene rings is 2. The van der Waals surface area contributed by atoms with Crippen LogP contribution in [0.25, 0.3) is 11.1 Å². The standard InChI is InChI=1S/C23H21N3O5S/c1-2-18(21(28)29)25-20(27)19-11-24-22(32-19)26-23(30)31-12-17-15-9-5-3-7-13(15)14-8-4-6-10-16(14)17/h3-11,17-18H,2,12H2,1H3,(H,25,27)(H,28,29)(H,24,26,30)/t18-/m0/s1. The molecule has 0 unspecified atom stereocenters. The van der Waals surface area contributed by atoms with Gasteiger partial charge in [0, 0.05) is 5.92 Å². The van der Waals surface area contributed by atoms with E-state index in [-0.39, 0.29) is 29.0 Å². The smallest absolute Gasteiger partial charge is 0.413 e. The predicted octanol–water partition coefficient (Wildman–Crippen LogP) is 4.10. The predicted molar refractivity (Wildman–Crippen MR) is 120 cm³/mol. The lowest BCUT2D eigenvalue weighted by molar-refractivity contribution is -0.139. The van der Waals surface area contributed by atoms with Gasteiger partial charge in [0.2, 0.25) is 0 Å². The van der Waals surface area contributed by atoms with Gasteiger partial charge >= 0.3 is 12.1 Å². The summed E-state index contributed by atoms with van der Waals surface area (Å²) in [6, 6.07) is 15.1. The molecule has 1 aromatic heterocycles. The summed E-state index contributed by atoms with van der Waals surface area (Å²) in [5.74, 6) is -1.73. The molecule has 0 aliphatic heterocycles. The Morgan fingerprint density at radius 1 is 1.09 bits per heavy atom. The number of anilines is 1. The first-order valence-electron chi connectivity index (χ1n) is 10.1. The third kappa shape index (κ3) is 4.33. The number of carbonyl (C=O) groups excluding carboxylic acids is 2. The maximum atomic E-state index is 12.3. The van der Waals surface area contributed by atoms with Crippen LogP contribution < -0.4 is 10.6 Å². The van der Waals surface area contributed by atoms with Crippen LogP contribution in [-0.2, 0) is 9.53 Å². The van der Waals surface area contributed by atoms with Gasteiger partial charge in [-0.3, -0.25) is 10.1 Å². The second kappa shape index (κ2) is 9.19. The van der Waals surface area contributed by atoms with Crippen LogP contribution in [0.4, 0.5) is 9.93 Å². The fraction of sp³-hybridized carbons (Fsp3) is 0.217. The highest BCUT2D eigenvalue weighted by Gasteiger charge is 2.29. The summed E-state index contributed by atoms with van der Waals surface area (Å²) in [6.07, 6.45) is 0.864. The van der Waals surface area contributed by atoms with E-state index in [4.69, 9.17) is 9.84 Å². The van der Waals surface area contributed by atoms with Crippen molar-refractivity contribution in [3.05, 3.63) is 70.7 Å². The zero-order valence-electron chi connectivity index (χ0n) is 17.2. The Balaban J connectivity index is 1.37. The van der Waals surface area contributed by atoms with Crippen LogP contribution in [0.1, 0.15) is 40.1 Å². The average Bonchev–Trinajstić information content (AvgIpc) is 3.38. The Morgan fingerprint density at radius 2 is 1.72 bits per heavy atom. The van der Waals surface area contributed by atoms with E-state index in [1.54, 1.807) is 6.92 Å². The molecule has 0 radical (unpaired) electrons. The van der Waals surface area contributed by atoms with Crippen molar-refractivity contribution in [2.45, 2.75) is 25.3 Å². The van der Waals surface area contributed by atoms with Crippen molar-refractivity contribution in [2.24, 2.45) is 0 Å². The van der Waals surface area contributed by atoms with Crippen molar-refractivity contribution >= 4 is 34.4 Å². The van der Waals surface area contributed by atoms with E-state index in [9.17, 15) is 14.4 Å². The maximum absolute atomic E-state index is 12.3. The Labute approximate surface area is 188 Å². The lowest BCUT2D eigenvalue weighted by Gasteiger charge is -2.14. The van der Waals surface area contributed by atoms with Crippen LogP contribution in [-0.4, -0.2) is 40.7 Å². The van der Waals surface area contributed by atoms with Crippen LogP contribution in [0.5, 0.6) is 0 Å². The number of carbonyl (C=O) groups is 3. The van der Waals surface area contributed by atoms with Gasteiger partial charge in [0.05, 0.1) is 6.20 Å². The quantitative estimate of drug-likeness (QED) is 0.498. The minimum absolute atomic E-state index is 0.0622. The highest BCUT2D eigenvalue weighted by atomic mass is 32.1. The molecule has 1 aliphatic carbocycles. The molecule has 0 saturated heterocycles. The van der Waals surface area contributed by atoms with E-state index in [1.165, 1.54) is 6.20 Å². The monoisotopic (exact) mass is 451 g/mol. The number of rotatable bonds is 7. The lowest BCUT2D eigenvalue weighted by atomic mass is 9.98. The number of hydrogen-bond acceptors (Lipinski definition) is 6. The Morgan fingerprint density at radius 3 is 2.31 bits per heavy atom. The molecule has 0 spiro atoms. The number of nitrogens with zero attached hydrogens (tertiary/aromatic N) is 1. The highest BCUT2D eigenvalue weighted by molar-refractivity contribution is 7.17. The number of aliphatic carboxylic acids is 1. The average molecular weight is 452 g/mol. The van der Waals surface area contributed by atoms with Crippen molar-refractivity contribution < 1.29 is 24.2 Å². The molecule has 2 aromatic carbocycles. The van der Waals surface area contributed by atoms with Gasteiger partial charge < -0.3 is 15.2 Å². The number of thiazole rings is 1. The van der Waals surface area contributed by atoms with Crippen molar-refractivity contribution in [3.63, 3.8) is 0 Å². The van der Waals surface area contributed by atoms with Gasteiger partial charge in [-0.25, -0.2) is 14.6 Å². The van der Waals surface area contributed by atoms with Gasteiger partial charge in [-0.2, -0.15) is 0 Å². The summed E-state index contributed by atoms with van der Waals surface area (Å²) in [4.78, 5) is 39.8. The topological polar surface area (TPSA) is 118 Å². The van der Waals surface area contributed by atoms with E-state index < -0.39 is 24.0 Å². The van der Waals surface area contributed by atoms with Crippen molar-refractivity contribution in [3.8, 4) is 11.1 Å². The molecule has 8 nitrogen and oxygen atoms in total. The molecule has 0 fully saturated rings. The molecule has 3 aromatic rings. The fourth-order valence-electron chi connectivity index (χ4n) is 3.73. The Bertz CT molecular complexity index is 1130. The van der Waals surface area contributed by atoms with Crippen LogP contribution >= 0.6 is 11.3 Å². The number of fused-ring (bicyclic) bond motifs is 3. The molecule has 1 aliphatic rings. The molecule has 4 rings (SSSR count). The normalized spacial score (nSPS) is 13.0. The molecule has 0 saturated carbocycles. The van der Waals surface area contributed by atoms with Gasteiger partial charge in [-0.05, 0) is 28.7 Å². The number of carboxylic acid groups (broad SMARTS) is 1. The van der Waals surface area contributed by atoms with Crippen LogP contribution in [0.2, 0.25) is 0 Å². The minimum Gasteiger partial charge on any atom is -0.480 e. The fourth-order valence-corrected chi connectivity index (χ4v) is 4.43. The zero-order chi connectivity index (χ0) is 22.7. The lowest BCUT2D eigenvalue weighted by Crippen LogP contribution is -2.39. The summed E-state index contributed by atoms with van der Waals surface area (Å²) in [7, 11) is 0. The molecular weight excluding hydrogens is 430 g/mol. The number of hydrogen-bond donors (Lipinski definition) is 3. The van der Waals surface area contributed by atoms with Gasteiger partial charge in [0.15, 0.2) is 5.13 Å². The summed E-state index contributed by atoms with van der Waals surface area (Å²) in [6.45, 7) is 1.82. The zero-order valence-corrected chi connectivity index (χ0v) is 18.0. The van der Waals surface area contributed by atoms with Gasteiger partial charge in [0.1, 0.15) is 17.5 Å². The third-order valence-corrected chi connectivity index (χ3v) is 6.21. The second-order valence-corrected chi connectivity index (χ2v) is 8.28. The number of amides is 2. The van der Waals surface area contributed by atoms with Crippen molar-refractivity contribution in [2.75, 3.05) is 11.9 Å². The van der Waals surface area contributed by atoms with E-state index in [0.29, 0.717) is 0 Å². The van der Waals surface area contributed by atoms with Crippen LogP contribution in [0.15, 0.2) is 54.7 Å². The molecule has 3 N–H and O–H groups in total. The molecule has 9 heteroatoms. The Kier molecular flexibility index (Phi) is 6.18. The largest absolute Gasteiger partial charge is 0.480 e. The minimum atomic E-state index is -1.11. The summed E-state index contributed by atoms with van der Waals surface area (Å²) in [5, 5.41) is 14.2. The number of carboxylic acids is 1. The number of aromatic nitrogens is 1. The summed E-state index contributed by atoms with van der Waals surface area (Å²) in [5.41, 5.74) is 4.50. The first kappa shape index (κ1) is 21.5. The SMILES string of the molecule is CC[C@H](NC(=O)c1cnc(NC(=O)OCC2c3ccccc3-c3ccccc32)s1)C(=O)O. The summed E-state index contributed by atoms with van der Waals surface area (Å²) < 4.78 is 5.47. The van der Waals surface area contributed by atoms with Gasteiger partial charge in [-0.1, -0.05) is 66.8 Å². The van der Waals surface area contributed by atoms with E-state index in [2.05, 4.69) is 27.8 Å². The molecule has 1 heterocycles.